The lowest BCUT2D eigenvalue weighted by Gasteiger charge is -2.56. The average molecular weight is 400 g/mol. The van der Waals surface area contributed by atoms with E-state index in [-0.39, 0.29) is 24.0 Å². The van der Waals surface area contributed by atoms with Crippen molar-refractivity contribution >= 4 is 23.5 Å². The van der Waals surface area contributed by atoms with Crippen LogP contribution in [-0.4, -0.2) is 42.6 Å². The van der Waals surface area contributed by atoms with Gasteiger partial charge in [-0.3, -0.25) is 20.2 Å². The molecule has 3 atom stereocenters. The number of urea groups is 1. The summed E-state index contributed by atoms with van der Waals surface area (Å²) in [4.78, 5) is 39.8. The summed E-state index contributed by atoms with van der Waals surface area (Å²) in [5.41, 5.74) is -0.752. The Bertz CT molecular complexity index is 950. The molecule has 2 N–H and O–H groups in total. The number of halogens is 1. The number of benzene rings is 1. The van der Waals surface area contributed by atoms with Gasteiger partial charge in [0.1, 0.15) is 11.9 Å². The third-order valence-electron chi connectivity index (χ3n) is 5.98. The number of rotatable bonds is 1. The number of imide groups is 2. The number of barbiturate groups is 1. The zero-order valence-electron chi connectivity index (χ0n) is 16.3. The van der Waals surface area contributed by atoms with E-state index in [1.165, 1.54) is 12.1 Å². The number of amides is 4. The number of anilines is 1. The first kappa shape index (κ1) is 19.3. The molecule has 0 radical (unpaired) electrons. The van der Waals surface area contributed by atoms with Crippen molar-refractivity contribution < 1.29 is 23.5 Å². The largest absolute Gasteiger partial charge is 0.371 e. The number of carbonyl (C=O) groups excluding carboxylic acids is 3. The summed E-state index contributed by atoms with van der Waals surface area (Å²) in [6, 6.07) is 2.86. The summed E-state index contributed by atoms with van der Waals surface area (Å²) >= 11 is 0. The van der Waals surface area contributed by atoms with E-state index in [1.54, 1.807) is 6.07 Å². The minimum absolute atomic E-state index is 0.0508. The number of nitrogens with zero attached hydrogens (tertiary/aromatic N) is 2. The van der Waals surface area contributed by atoms with Crippen molar-refractivity contribution in [2.45, 2.75) is 45.4 Å². The van der Waals surface area contributed by atoms with Crippen molar-refractivity contribution in [3.05, 3.63) is 29.1 Å². The van der Waals surface area contributed by atoms with Gasteiger partial charge in [-0.05, 0) is 37.0 Å². The van der Waals surface area contributed by atoms with Gasteiger partial charge in [-0.2, -0.15) is 5.26 Å². The number of ether oxygens (including phenoxy) is 1. The highest BCUT2D eigenvalue weighted by atomic mass is 19.1. The van der Waals surface area contributed by atoms with Crippen molar-refractivity contribution in [2.75, 3.05) is 11.4 Å². The Morgan fingerprint density at radius 1 is 1.28 bits per heavy atom. The first-order valence-electron chi connectivity index (χ1n) is 9.50. The number of carbonyl (C=O) groups is 3. The van der Waals surface area contributed by atoms with Crippen LogP contribution in [0.2, 0.25) is 0 Å². The molecule has 152 valence electrons. The van der Waals surface area contributed by atoms with Crippen LogP contribution in [0, 0.1) is 28.5 Å². The number of nitrogens with one attached hydrogen (secondary N) is 2. The standard InChI is InChI=1S/C20H21FN4O4/c1-9(2)15-16-20(17(26)23-19(28)24-18(20)27)6-11-4-12(7-22)13(21)5-14(11)25(16)8-10(3)29-15/h4-5,9-10,15-16H,6,8H2,1-3H3,(H2,23,24,26,27,28)/t10-,15?,16?/m1/s1. The fraction of sp³-hybridized carbons (Fsp3) is 0.500. The van der Waals surface area contributed by atoms with Crippen LogP contribution < -0.4 is 15.5 Å². The van der Waals surface area contributed by atoms with Crippen LogP contribution in [0.3, 0.4) is 0 Å². The van der Waals surface area contributed by atoms with E-state index in [9.17, 15) is 24.0 Å². The number of hydrogen-bond donors (Lipinski definition) is 2. The van der Waals surface area contributed by atoms with Gasteiger partial charge in [-0.1, -0.05) is 13.8 Å². The Labute approximate surface area is 167 Å². The summed E-state index contributed by atoms with van der Waals surface area (Å²) in [6.07, 6.45) is -0.795. The van der Waals surface area contributed by atoms with Gasteiger partial charge in [0.05, 0.1) is 23.8 Å². The van der Waals surface area contributed by atoms with E-state index in [0.717, 1.165) is 0 Å². The van der Waals surface area contributed by atoms with E-state index in [2.05, 4.69) is 10.6 Å². The van der Waals surface area contributed by atoms with Crippen molar-refractivity contribution in [3.63, 3.8) is 0 Å². The summed E-state index contributed by atoms with van der Waals surface area (Å²) in [6.45, 7) is 6.06. The highest BCUT2D eigenvalue weighted by Gasteiger charge is 2.63. The van der Waals surface area contributed by atoms with Crippen LogP contribution in [0.15, 0.2) is 12.1 Å². The van der Waals surface area contributed by atoms with E-state index in [0.29, 0.717) is 17.8 Å². The van der Waals surface area contributed by atoms with E-state index < -0.39 is 41.2 Å². The first-order valence-corrected chi connectivity index (χ1v) is 9.50. The number of fused-ring (bicyclic) bond motifs is 4. The number of nitriles is 1. The molecule has 4 rings (SSSR count). The predicted octanol–water partition coefficient (Wildman–Crippen LogP) is 1.22. The zero-order valence-corrected chi connectivity index (χ0v) is 16.3. The Morgan fingerprint density at radius 3 is 2.52 bits per heavy atom. The molecule has 29 heavy (non-hydrogen) atoms. The highest BCUT2D eigenvalue weighted by Crippen LogP contribution is 2.48. The molecule has 0 aliphatic carbocycles. The van der Waals surface area contributed by atoms with Crippen LogP contribution in [0.4, 0.5) is 14.9 Å². The minimum atomic E-state index is -1.64. The van der Waals surface area contributed by atoms with E-state index in [1.807, 2.05) is 25.7 Å². The van der Waals surface area contributed by atoms with E-state index >= 15 is 0 Å². The molecule has 0 saturated carbocycles. The second kappa shape index (κ2) is 6.52. The summed E-state index contributed by atoms with van der Waals surface area (Å²) in [5.74, 6) is -2.13. The van der Waals surface area contributed by atoms with Gasteiger partial charge in [0, 0.05) is 12.2 Å². The Balaban J connectivity index is 1.97. The summed E-state index contributed by atoms with van der Waals surface area (Å²) < 4.78 is 20.6. The monoisotopic (exact) mass is 400 g/mol. The Morgan fingerprint density at radius 2 is 1.93 bits per heavy atom. The molecule has 2 unspecified atom stereocenters. The fourth-order valence-corrected chi connectivity index (χ4v) is 4.77. The lowest BCUT2D eigenvalue weighted by molar-refractivity contribution is -0.156. The maximum absolute atomic E-state index is 14.4. The molecule has 3 heterocycles. The van der Waals surface area contributed by atoms with Crippen LogP contribution in [0.1, 0.15) is 31.9 Å². The predicted molar refractivity (Wildman–Crippen MR) is 99.2 cm³/mol. The van der Waals surface area contributed by atoms with Crippen LogP contribution in [0.25, 0.3) is 0 Å². The molecule has 1 aromatic rings. The molecule has 8 nitrogen and oxygen atoms in total. The number of hydrogen-bond acceptors (Lipinski definition) is 6. The lowest BCUT2D eigenvalue weighted by Crippen LogP contribution is -2.76. The number of morpholine rings is 1. The Kier molecular flexibility index (Phi) is 4.35. The van der Waals surface area contributed by atoms with Crippen molar-refractivity contribution in [1.29, 1.82) is 5.26 Å². The molecular formula is C20H21FN4O4. The quantitative estimate of drug-likeness (QED) is 0.686. The molecule has 3 aliphatic rings. The van der Waals surface area contributed by atoms with Gasteiger partial charge in [-0.25, -0.2) is 9.18 Å². The van der Waals surface area contributed by atoms with Gasteiger partial charge < -0.3 is 9.64 Å². The van der Waals surface area contributed by atoms with Gasteiger partial charge in [0.2, 0.25) is 11.8 Å². The first-order chi connectivity index (χ1) is 13.7. The van der Waals surface area contributed by atoms with Crippen LogP contribution in [-0.2, 0) is 20.7 Å². The fourth-order valence-electron chi connectivity index (χ4n) is 4.77. The third kappa shape index (κ3) is 2.70. The SMILES string of the molecule is CC(C)C1O[C@H](C)CN2c3cc(F)c(C#N)cc3CC3(C(=O)NC(=O)NC3=O)C12. The zero-order chi connectivity index (χ0) is 21.1. The van der Waals surface area contributed by atoms with Gasteiger partial charge in [-0.15, -0.1) is 0 Å². The van der Waals surface area contributed by atoms with Crippen molar-refractivity contribution in [1.82, 2.24) is 10.6 Å². The molecule has 0 bridgehead atoms. The molecule has 4 amide bonds. The normalized spacial score (nSPS) is 27.8. The van der Waals surface area contributed by atoms with Gasteiger partial charge >= 0.3 is 6.03 Å². The smallest absolute Gasteiger partial charge is 0.328 e. The van der Waals surface area contributed by atoms with Gasteiger partial charge in [0.15, 0.2) is 5.41 Å². The van der Waals surface area contributed by atoms with Gasteiger partial charge in [0.25, 0.3) is 0 Å². The maximum Gasteiger partial charge on any atom is 0.328 e. The van der Waals surface area contributed by atoms with Crippen molar-refractivity contribution in [3.8, 4) is 6.07 Å². The van der Waals surface area contributed by atoms with Crippen molar-refractivity contribution in [2.24, 2.45) is 11.3 Å². The molecular weight excluding hydrogens is 379 g/mol. The molecule has 2 fully saturated rings. The molecule has 1 aromatic carbocycles. The lowest BCUT2D eigenvalue weighted by atomic mass is 9.65. The molecule has 2 saturated heterocycles. The highest BCUT2D eigenvalue weighted by molar-refractivity contribution is 6.20. The molecule has 9 heteroatoms. The third-order valence-corrected chi connectivity index (χ3v) is 5.98. The maximum atomic E-state index is 14.4. The molecule has 3 aliphatic heterocycles. The summed E-state index contributed by atoms with van der Waals surface area (Å²) in [7, 11) is 0. The van der Waals surface area contributed by atoms with Crippen LogP contribution >= 0.6 is 0 Å². The Hall–Kier alpha value is -2.99. The topological polar surface area (TPSA) is 112 Å². The second-order valence-electron chi connectivity index (χ2n) is 8.21. The molecule has 1 spiro atoms. The van der Waals surface area contributed by atoms with E-state index in [4.69, 9.17) is 4.74 Å². The second-order valence-corrected chi connectivity index (χ2v) is 8.21. The average Bonchev–Trinajstić information content (AvgIpc) is 2.65. The summed E-state index contributed by atoms with van der Waals surface area (Å²) in [5, 5.41) is 13.7. The van der Waals surface area contributed by atoms with Crippen LogP contribution in [0.5, 0.6) is 0 Å². The minimum Gasteiger partial charge on any atom is -0.371 e. The molecule has 0 aromatic heterocycles.